The van der Waals surface area contributed by atoms with Crippen LogP contribution in [-0.4, -0.2) is 0 Å². The molecule has 0 fully saturated rings. The fourth-order valence-corrected chi connectivity index (χ4v) is 2.21. The van der Waals surface area contributed by atoms with E-state index in [1.807, 2.05) is 12.1 Å². The Morgan fingerprint density at radius 3 is 2.25 bits per heavy atom. The van der Waals surface area contributed by atoms with Crippen LogP contribution in [0.4, 0.5) is 4.39 Å². The smallest absolute Gasteiger partial charge is 0.137 e. The van der Waals surface area contributed by atoms with E-state index in [0.29, 0.717) is 10.5 Å². The lowest BCUT2D eigenvalue weighted by atomic mass is 10.2. The van der Waals surface area contributed by atoms with Gasteiger partial charge in [-0.3, -0.25) is 0 Å². The SMILES string of the molecule is N#Cc1ccccc1Sc1ccccc1F. The lowest BCUT2D eigenvalue weighted by molar-refractivity contribution is 0.602. The maximum absolute atomic E-state index is 13.4. The van der Waals surface area contributed by atoms with Gasteiger partial charge < -0.3 is 0 Å². The number of rotatable bonds is 2. The fraction of sp³-hybridized carbons (Fsp3) is 0. The summed E-state index contributed by atoms with van der Waals surface area (Å²) in [5.74, 6) is -0.264. The first-order valence-electron chi connectivity index (χ1n) is 4.73. The zero-order chi connectivity index (χ0) is 11.4. The summed E-state index contributed by atoms with van der Waals surface area (Å²) in [5.41, 5.74) is 0.566. The van der Waals surface area contributed by atoms with Crippen molar-refractivity contribution in [1.29, 1.82) is 5.26 Å². The highest BCUT2D eigenvalue weighted by molar-refractivity contribution is 7.99. The topological polar surface area (TPSA) is 23.8 Å². The molecule has 0 bridgehead atoms. The van der Waals surface area contributed by atoms with E-state index in [0.717, 1.165) is 4.90 Å². The molecule has 2 aromatic carbocycles. The zero-order valence-electron chi connectivity index (χ0n) is 8.35. The number of nitriles is 1. The highest BCUT2D eigenvalue weighted by atomic mass is 32.2. The molecule has 0 heterocycles. The van der Waals surface area contributed by atoms with Crippen LogP contribution in [-0.2, 0) is 0 Å². The summed E-state index contributed by atoms with van der Waals surface area (Å²) in [6.07, 6.45) is 0. The number of hydrogen-bond acceptors (Lipinski definition) is 2. The molecule has 1 nitrogen and oxygen atoms in total. The summed E-state index contributed by atoms with van der Waals surface area (Å²) in [6, 6.07) is 15.8. The van der Waals surface area contributed by atoms with Gasteiger partial charge in [-0.1, -0.05) is 36.0 Å². The third kappa shape index (κ3) is 2.23. The van der Waals surface area contributed by atoms with E-state index in [1.165, 1.54) is 17.8 Å². The molecule has 0 saturated heterocycles. The summed E-state index contributed by atoms with van der Waals surface area (Å²) in [6.45, 7) is 0. The molecule has 0 spiro atoms. The Morgan fingerprint density at radius 2 is 1.56 bits per heavy atom. The van der Waals surface area contributed by atoms with Gasteiger partial charge in [0, 0.05) is 9.79 Å². The minimum atomic E-state index is -0.264. The first kappa shape index (κ1) is 10.7. The van der Waals surface area contributed by atoms with Gasteiger partial charge in [0.1, 0.15) is 11.9 Å². The third-order valence-corrected chi connectivity index (χ3v) is 3.19. The molecule has 0 aliphatic carbocycles. The molecule has 0 aliphatic rings. The van der Waals surface area contributed by atoms with Crippen LogP contribution >= 0.6 is 11.8 Å². The average molecular weight is 229 g/mol. The molecular weight excluding hydrogens is 221 g/mol. The summed E-state index contributed by atoms with van der Waals surface area (Å²) < 4.78 is 13.4. The van der Waals surface area contributed by atoms with Crippen LogP contribution in [0.3, 0.4) is 0 Å². The van der Waals surface area contributed by atoms with Crippen LogP contribution in [0.25, 0.3) is 0 Å². The molecule has 2 rings (SSSR count). The maximum Gasteiger partial charge on any atom is 0.137 e. The predicted molar refractivity (Wildman–Crippen MR) is 61.7 cm³/mol. The Balaban J connectivity index is 2.35. The van der Waals surface area contributed by atoms with Crippen molar-refractivity contribution in [2.75, 3.05) is 0 Å². The van der Waals surface area contributed by atoms with Crippen molar-refractivity contribution >= 4 is 11.8 Å². The van der Waals surface area contributed by atoms with Gasteiger partial charge >= 0.3 is 0 Å². The first-order chi connectivity index (χ1) is 7.81. The van der Waals surface area contributed by atoms with Crippen molar-refractivity contribution in [3.63, 3.8) is 0 Å². The molecular formula is C13H8FNS. The Kier molecular flexibility index (Phi) is 3.23. The number of halogens is 1. The van der Waals surface area contributed by atoms with E-state index in [1.54, 1.807) is 30.3 Å². The standard InChI is InChI=1S/C13H8FNS/c14-11-6-2-4-8-13(11)16-12-7-3-1-5-10(12)9-15/h1-8H. The minimum absolute atomic E-state index is 0.264. The van der Waals surface area contributed by atoms with Crippen molar-refractivity contribution < 1.29 is 4.39 Å². The zero-order valence-corrected chi connectivity index (χ0v) is 9.17. The second kappa shape index (κ2) is 4.82. The van der Waals surface area contributed by atoms with Crippen molar-refractivity contribution in [1.82, 2.24) is 0 Å². The molecule has 0 radical (unpaired) electrons. The quantitative estimate of drug-likeness (QED) is 0.781. The summed E-state index contributed by atoms with van der Waals surface area (Å²) in [7, 11) is 0. The van der Waals surface area contributed by atoms with Gasteiger partial charge in [0.25, 0.3) is 0 Å². The van der Waals surface area contributed by atoms with Crippen LogP contribution in [0.1, 0.15) is 5.56 Å². The average Bonchev–Trinajstić information content (AvgIpc) is 2.33. The van der Waals surface area contributed by atoms with Gasteiger partial charge in [0.15, 0.2) is 0 Å². The van der Waals surface area contributed by atoms with Crippen LogP contribution in [0.5, 0.6) is 0 Å². The molecule has 3 heteroatoms. The van der Waals surface area contributed by atoms with Crippen LogP contribution < -0.4 is 0 Å². The second-order valence-corrected chi connectivity index (χ2v) is 4.22. The highest BCUT2D eigenvalue weighted by Crippen LogP contribution is 2.31. The van der Waals surface area contributed by atoms with Gasteiger partial charge in [-0.05, 0) is 24.3 Å². The second-order valence-electron chi connectivity index (χ2n) is 3.14. The van der Waals surface area contributed by atoms with E-state index >= 15 is 0 Å². The van der Waals surface area contributed by atoms with Crippen LogP contribution in [0, 0.1) is 17.1 Å². The largest absolute Gasteiger partial charge is 0.206 e. The lowest BCUT2D eigenvalue weighted by Crippen LogP contribution is -1.83. The highest BCUT2D eigenvalue weighted by Gasteiger charge is 2.06. The molecule has 16 heavy (non-hydrogen) atoms. The third-order valence-electron chi connectivity index (χ3n) is 2.06. The van der Waals surface area contributed by atoms with Gasteiger partial charge in [0.2, 0.25) is 0 Å². The predicted octanol–water partition coefficient (Wildman–Crippen LogP) is 3.85. The van der Waals surface area contributed by atoms with Crippen molar-refractivity contribution in [3.8, 4) is 6.07 Å². The lowest BCUT2D eigenvalue weighted by Gasteiger charge is -2.04. The Bertz CT molecular complexity index is 546. The summed E-state index contributed by atoms with van der Waals surface area (Å²) >= 11 is 1.27. The summed E-state index contributed by atoms with van der Waals surface area (Å²) in [5, 5.41) is 8.91. The number of nitrogens with zero attached hydrogens (tertiary/aromatic N) is 1. The van der Waals surface area contributed by atoms with E-state index in [2.05, 4.69) is 6.07 Å². The molecule has 0 amide bonds. The molecule has 2 aromatic rings. The first-order valence-corrected chi connectivity index (χ1v) is 5.54. The van der Waals surface area contributed by atoms with Gasteiger partial charge in [0.05, 0.1) is 5.56 Å². The monoisotopic (exact) mass is 229 g/mol. The molecule has 78 valence electrons. The molecule has 0 aliphatic heterocycles. The molecule has 0 unspecified atom stereocenters. The van der Waals surface area contributed by atoms with E-state index < -0.39 is 0 Å². The van der Waals surface area contributed by atoms with Crippen LogP contribution in [0.2, 0.25) is 0 Å². The van der Waals surface area contributed by atoms with Crippen molar-refractivity contribution in [3.05, 3.63) is 59.9 Å². The summed E-state index contributed by atoms with van der Waals surface area (Å²) in [4.78, 5) is 1.31. The number of benzene rings is 2. The molecule has 0 atom stereocenters. The number of hydrogen-bond donors (Lipinski definition) is 0. The van der Waals surface area contributed by atoms with Crippen LogP contribution in [0.15, 0.2) is 58.3 Å². The minimum Gasteiger partial charge on any atom is -0.206 e. The Morgan fingerprint density at radius 1 is 0.938 bits per heavy atom. The van der Waals surface area contributed by atoms with E-state index in [9.17, 15) is 4.39 Å². The fourth-order valence-electron chi connectivity index (χ4n) is 1.29. The van der Waals surface area contributed by atoms with Gasteiger partial charge in [-0.25, -0.2) is 4.39 Å². The van der Waals surface area contributed by atoms with Gasteiger partial charge in [-0.15, -0.1) is 0 Å². The van der Waals surface area contributed by atoms with E-state index in [-0.39, 0.29) is 5.82 Å². The molecule has 0 saturated carbocycles. The maximum atomic E-state index is 13.4. The Hall–Kier alpha value is -1.79. The Labute approximate surface area is 97.5 Å². The van der Waals surface area contributed by atoms with Crippen molar-refractivity contribution in [2.45, 2.75) is 9.79 Å². The molecule has 0 N–H and O–H groups in total. The van der Waals surface area contributed by atoms with Gasteiger partial charge in [-0.2, -0.15) is 5.26 Å². The molecule has 0 aromatic heterocycles. The van der Waals surface area contributed by atoms with Crippen molar-refractivity contribution in [2.24, 2.45) is 0 Å². The normalized spacial score (nSPS) is 9.75. The van der Waals surface area contributed by atoms with E-state index in [4.69, 9.17) is 5.26 Å².